The summed E-state index contributed by atoms with van der Waals surface area (Å²) in [6.07, 6.45) is 60.0. The van der Waals surface area contributed by atoms with Crippen LogP contribution in [-0.2, 0) is 4.79 Å². The summed E-state index contributed by atoms with van der Waals surface area (Å²) in [5.41, 5.74) is -2.05. The van der Waals surface area contributed by atoms with E-state index >= 15 is 0 Å². The predicted molar refractivity (Wildman–Crippen MR) is 270 cm³/mol. The van der Waals surface area contributed by atoms with E-state index in [1.165, 1.54) is 218 Å². The van der Waals surface area contributed by atoms with Crippen LogP contribution in [-0.4, -0.2) is 38.9 Å². The molecule has 0 aromatic rings. The number of rotatable bonds is 52. The van der Waals surface area contributed by atoms with Gasteiger partial charge in [0.2, 0.25) is 0 Å². The van der Waals surface area contributed by atoms with Crippen LogP contribution in [0.4, 0.5) is 0 Å². The fourth-order valence-electron chi connectivity index (χ4n) is 9.36. The zero-order valence-electron chi connectivity index (χ0n) is 42.0. The Morgan fingerprint density at radius 3 is 0.820 bits per heavy atom. The second-order valence-corrected chi connectivity index (χ2v) is 19.8. The van der Waals surface area contributed by atoms with Crippen LogP contribution in [0.5, 0.6) is 0 Å². The van der Waals surface area contributed by atoms with Gasteiger partial charge in [-0.15, -0.1) is 0 Å². The maximum Gasteiger partial charge on any atom is 0.174 e. The van der Waals surface area contributed by atoms with E-state index in [0.29, 0.717) is 19.3 Å². The van der Waals surface area contributed by atoms with E-state index in [-0.39, 0.29) is 12.2 Å². The summed E-state index contributed by atoms with van der Waals surface area (Å²) in [7, 11) is 0. The Balaban J connectivity index is 4.50. The van der Waals surface area contributed by atoms with Crippen molar-refractivity contribution in [3.05, 3.63) is 12.2 Å². The number of ketones is 1. The number of aliphatic hydroxyl groups excluding tert-OH is 2. The quantitative estimate of drug-likeness (QED) is 0.0421. The summed E-state index contributed by atoms with van der Waals surface area (Å²) in [4.78, 5) is 13.6. The first-order valence-electron chi connectivity index (χ1n) is 28.2. The maximum atomic E-state index is 13.6. The molecule has 0 spiro atoms. The number of carbonyl (C=O) groups excluding carboxylic acids is 1. The van der Waals surface area contributed by atoms with E-state index in [2.05, 4.69) is 32.9 Å². The Bertz CT molecular complexity index is 843. The minimum absolute atomic E-state index is 0.237. The highest BCUT2D eigenvalue weighted by Gasteiger charge is 2.47. The topological polar surface area (TPSA) is 77.8 Å². The molecular formula is C57H112O4. The van der Waals surface area contributed by atoms with Crippen LogP contribution in [0.1, 0.15) is 329 Å². The van der Waals surface area contributed by atoms with Gasteiger partial charge in [-0.3, -0.25) is 4.79 Å². The monoisotopic (exact) mass is 861 g/mol. The van der Waals surface area contributed by atoms with Gasteiger partial charge in [-0.2, -0.15) is 0 Å². The van der Waals surface area contributed by atoms with Crippen molar-refractivity contribution in [3.63, 3.8) is 0 Å². The average Bonchev–Trinajstić information content (AvgIpc) is 3.26. The van der Waals surface area contributed by atoms with Crippen molar-refractivity contribution in [3.8, 4) is 0 Å². The zero-order valence-corrected chi connectivity index (χ0v) is 42.0. The molecule has 0 saturated heterocycles. The number of carbonyl (C=O) groups is 1. The van der Waals surface area contributed by atoms with Crippen LogP contribution in [0, 0.1) is 0 Å². The lowest BCUT2D eigenvalue weighted by Gasteiger charge is -2.36. The second kappa shape index (κ2) is 48.7. The third-order valence-corrected chi connectivity index (χ3v) is 13.8. The minimum atomic E-state index is -2.05. The minimum Gasteiger partial charge on any atom is -0.390 e. The Morgan fingerprint density at radius 1 is 0.344 bits per heavy atom. The first-order valence-corrected chi connectivity index (χ1v) is 28.2. The SMILES string of the molecule is CCCCCCCC/C=C\CCCCCCCC(=O)C(O)(C(O)CCCCCCCCCCCCCCCCCC)C(O)CCCCCCCCCCCCCCCCCC. The molecule has 0 aliphatic rings. The molecule has 0 radical (unpaired) electrons. The van der Waals surface area contributed by atoms with Crippen LogP contribution in [0.25, 0.3) is 0 Å². The van der Waals surface area contributed by atoms with Gasteiger partial charge in [-0.05, 0) is 44.9 Å². The van der Waals surface area contributed by atoms with Crippen LogP contribution >= 0.6 is 0 Å². The van der Waals surface area contributed by atoms with Crippen molar-refractivity contribution >= 4 is 5.78 Å². The lowest BCUT2D eigenvalue weighted by atomic mass is 9.79. The van der Waals surface area contributed by atoms with E-state index < -0.39 is 17.8 Å². The third-order valence-electron chi connectivity index (χ3n) is 13.8. The van der Waals surface area contributed by atoms with Crippen molar-refractivity contribution in [1.82, 2.24) is 0 Å². The molecule has 0 aromatic heterocycles. The molecule has 4 heteroatoms. The van der Waals surface area contributed by atoms with E-state index in [9.17, 15) is 20.1 Å². The summed E-state index contributed by atoms with van der Waals surface area (Å²) in [5.74, 6) is -0.349. The smallest absolute Gasteiger partial charge is 0.174 e. The molecule has 3 N–H and O–H groups in total. The molecule has 4 nitrogen and oxygen atoms in total. The number of hydrogen-bond acceptors (Lipinski definition) is 4. The zero-order chi connectivity index (χ0) is 44.6. The molecule has 2 atom stereocenters. The number of unbranched alkanes of at least 4 members (excludes halogenated alkanes) is 41. The normalized spacial score (nSPS) is 13.9. The number of Topliss-reactive ketones (excluding diaryl/α,β-unsaturated/α-hetero) is 1. The highest BCUT2D eigenvalue weighted by Crippen LogP contribution is 2.28. The van der Waals surface area contributed by atoms with Gasteiger partial charge in [0.05, 0.1) is 12.2 Å². The van der Waals surface area contributed by atoms with E-state index in [0.717, 1.165) is 64.2 Å². The molecule has 0 rings (SSSR count). The van der Waals surface area contributed by atoms with Gasteiger partial charge >= 0.3 is 0 Å². The molecule has 0 heterocycles. The molecule has 0 saturated carbocycles. The Kier molecular flexibility index (Phi) is 48.2. The molecule has 0 aliphatic heterocycles. The third kappa shape index (κ3) is 39.4. The van der Waals surface area contributed by atoms with E-state index in [4.69, 9.17) is 0 Å². The Morgan fingerprint density at radius 2 is 0.557 bits per heavy atom. The van der Waals surface area contributed by atoms with Crippen LogP contribution in [0.15, 0.2) is 12.2 Å². The van der Waals surface area contributed by atoms with Gasteiger partial charge in [-0.1, -0.05) is 290 Å². The molecule has 0 aliphatic carbocycles. The molecule has 0 aromatic carbocycles. The highest BCUT2D eigenvalue weighted by molar-refractivity contribution is 5.88. The van der Waals surface area contributed by atoms with Crippen LogP contribution < -0.4 is 0 Å². The summed E-state index contributed by atoms with van der Waals surface area (Å²) < 4.78 is 0. The Hall–Kier alpha value is -0.710. The lowest BCUT2D eigenvalue weighted by molar-refractivity contribution is -0.174. The highest BCUT2D eigenvalue weighted by atomic mass is 16.4. The van der Waals surface area contributed by atoms with Crippen molar-refractivity contribution in [2.45, 2.75) is 347 Å². The summed E-state index contributed by atoms with van der Waals surface area (Å²) in [6.45, 7) is 6.83. The number of allylic oxidation sites excluding steroid dienone is 2. The molecule has 0 bridgehead atoms. The Labute approximate surface area is 383 Å². The maximum absolute atomic E-state index is 13.6. The van der Waals surface area contributed by atoms with Crippen molar-refractivity contribution < 1.29 is 20.1 Å². The molecule has 61 heavy (non-hydrogen) atoms. The molecule has 2 unspecified atom stereocenters. The average molecular weight is 862 g/mol. The van der Waals surface area contributed by atoms with Crippen LogP contribution in [0.2, 0.25) is 0 Å². The van der Waals surface area contributed by atoms with Gasteiger partial charge < -0.3 is 15.3 Å². The summed E-state index contributed by atoms with van der Waals surface area (Å²) >= 11 is 0. The van der Waals surface area contributed by atoms with Crippen molar-refractivity contribution in [2.75, 3.05) is 0 Å². The van der Waals surface area contributed by atoms with Gasteiger partial charge in [0.1, 0.15) is 0 Å². The first-order chi connectivity index (χ1) is 29.9. The van der Waals surface area contributed by atoms with Gasteiger partial charge in [0, 0.05) is 6.42 Å². The lowest BCUT2D eigenvalue weighted by Crippen LogP contribution is -2.58. The standard InChI is InChI=1S/C57H112O4/c1-4-7-10-13-16-19-22-25-28-31-34-37-40-43-46-49-52-55(59)57(61,54(58)51-48-45-42-39-36-33-30-27-24-21-18-15-12-9-6-3)56(60)53-50-47-44-41-38-35-32-29-26-23-20-17-14-11-8-5-2/h27,30,55-56,59-61H,4-26,28-29,31-53H2,1-3H3/b30-27-. The second-order valence-electron chi connectivity index (χ2n) is 19.8. The van der Waals surface area contributed by atoms with Crippen LogP contribution in [0.3, 0.4) is 0 Å². The first kappa shape index (κ1) is 60.3. The van der Waals surface area contributed by atoms with Gasteiger partial charge in [-0.25, -0.2) is 0 Å². The summed E-state index contributed by atoms with van der Waals surface area (Å²) in [5, 5.41) is 34.5. The molecular weight excluding hydrogens is 749 g/mol. The van der Waals surface area contributed by atoms with Crippen molar-refractivity contribution in [2.24, 2.45) is 0 Å². The number of hydrogen-bond donors (Lipinski definition) is 3. The fourth-order valence-corrected chi connectivity index (χ4v) is 9.36. The van der Waals surface area contributed by atoms with Gasteiger partial charge in [0.15, 0.2) is 11.4 Å². The largest absolute Gasteiger partial charge is 0.390 e. The molecule has 0 fully saturated rings. The molecule has 364 valence electrons. The predicted octanol–water partition coefficient (Wildman–Crippen LogP) is 18.3. The van der Waals surface area contributed by atoms with E-state index in [1.807, 2.05) is 0 Å². The number of aliphatic hydroxyl groups is 3. The summed E-state index contributed by atoms with van der Waals surface area (Å²) in [6, 6.07) is 0. The fraction of sp³-hybridized carbons (Fsp3) is 0.947. The van der Waals surface area contributed by atoms with Gasteiger partial charge in [0.25, 0.3) is 0 Å². The van der Waals surface area contributed by atoms with E-state index in [1.54, 1.807) is 0 Å². The van der Waals surface area contributed by atoms with Crippen molar-refractivity contribution in [1.29, 1.82) is 0 Å². The molecule has 0 amide bonds.